The van der Waals surface area contributed by atoms with Crippen molar-refractivity contribution >= 4 is 58.3 Å². The molecule has 0 aliphatic heterocycles. The Bertz CT molecular complexity index is 483. The van der Waals surface area contributed by atoms with Gasteiger partial charge in [-0.3, -0.25) is 0 Å². The van der Waals surface area contributed by atoms with Gasteiger partial charge in [-0.05, 0) is 11.1 Å². The summed E-state index contributed by atoms with van der Waals surface area (Å²) in [4.78, 5) is 0. The molecule has 0 saturated heterocycles. The Kier molecular flexibility index (Phi) is 7.11. The van der Waals surface area contributed by atoms with Gasteiger partial charge in [-0.2, -0.15) is 0 Å². The second kappa shape index (κ2) is 8.59. The molecule has 0 aliphatic carbocycles. The Morgan fingerprint density at radius 1 is 0.714 bits per heavy atom. The van der Waals surface area contributed by atoms with Crippen LogP contribution < -0.4 is 0 Å². The normalized spacial score (nSPS) is 11.8. The summed E-state index contributed by atoms with van der Waals surface area (Å²) in [6.45, 7) is 0. The zero-order chi connectivity index (χ0) is 15.1. The monoisotopic (exact) mass is 376 g/mol. The molecule has 2 rings (SSSR count). The molecule has 0 bridgehead atoms. The van der Waals surface area contributed by atoms with Gasteiger partial charge in [0.25, 0.3) is 0 Å². The first kappa shape index (κ1) is 17.4. The number of benzene rings is 2. The van der Waals surface area contributed by atoms with Crippen molar-refractivity contribution in [2.75, 3.05) is 0 Å². The first-order chi connectivity index (χ1) is 10.1. The van der Waals surface area contributed by atoms with Crippen LogP contribution in [-0.4, -0.2) is 8.37 Å². The molecule has 0 fully saturated rings. The first-order valence-corrected chi connectivity index (χ1v) is 9.66. The highest BCUT2D eigenvalue weighted by Crippen LogP contribution is 2.45. The molecule has 112 valence electrons. The maximum absolute atomic E-state index is 6.12. The van der Waals surface area contributed by atoms with Crippen LogP contribution in [0, 0.1) is 0 Å². The van der Waals surface area contributed by atoms with Gasteiger partial charge in [0.05, 0.1) is 4.58 Å². The third kappa shape index (κ3) is 6.33. The highest BCUT2D eigenvalue weighted by atomic mass is 35.6. The number of thioether (sulfide) groups is 2. The van der Waals surface area contributed by atoms with E-state index in [-0.39, 0.29) is 4.58 Å². The largest absolute Gasteiger partial charge is 0.211 e. The number of hydrogen-bond donors (Lipinski definition) is 0. The zero-order valence-corrected chi connectivity index (χ0v) is 15.1. The molecule has 0 radical (unpaired) electrons. The Balaban J connectivity index is 1.92. The van der Waals surface area contributed by atoms with Gasteiger partial charge in [0.2, 0.25) is 3.79 Å². The van der Waals surface area contributed by atoms with Crippen LogP contribution in [-0.2, 0) is 11.5 Å². The van der Waals surface area contributed by atoms with Gasteiger partial charge in [-0.25, -0.2) is 0 Å². The molecular weight excluding hydrogens is 363 g/mol. The van der Waals surface area contributed by atoms with Crippen molar-refractivity contribution in [3.8, 4) is 0 Å². The molecule has 21 heavy (non-hydrogen) atoms. The summed E-state index contributed by atoms with van der Waals surface area (Å²) in [7, 11) is 0. The Morgan fingerprint density at radius 3 is 1.43 bits per heavy atom. The predicted molar refractivity (Wildman–Crippen MR) is 99.6 cm³/mol. The summed E-state index contributed by atoms with van der Waals surface area (Å²) < 4.78 is -1.39. The number of rotatable bonds is 6. The van der Waals surface area contributed by atoms with Crippen LogP contribution in [0.4, 0.5) is 0 Å². The predicted octanol–water partition coefficient (Wildman–Crippen LogP) is 6.55. The molecule has 0 amide bonds. The van der Waals surface area contributed by atoms with E-state index < -0.39 is 3.79 Å². The average molecular weight is 378 g/mol. The maximum Gasteiger partial charge on any atom is 0.211 e. The second-order valence-corrected chi connectivity index (χ2v) is 9.32. The Morgan fingerprint density at radius 2 is 1.10 bits per heavy atom. The lowest BCUT2D eigenvalue weighted by Crippen LogP contribution is -2.19. The number of hydrogen-bond acceptors (Lipinski definition) is 2. The van der Waals surface area contributed by atoms with E-state index >= 15 is 0 Å². The highest BCUT2D eigenvalue weighted by molar-refractivity contribution is 8.16. The van der Waals surface area contributed by atoms with Crippen LogP contribution >= 0.6 is 58.3 Å². The van der Waals surface area contributed by atoms with Gasteiger partial charge in [0, 0.05) is 11.5 Å². The topological polar surface area (TPSA) is 0 Å². The molecule has 5 heteroatoms. The molecule has 0 heterocycles. The third-order valence-corrected chi connectivity index (χ3v) is 7.32. The van der Waals surface area contributed by atoms with Crippen LogP contribution in [0.15, 0.2) is 60.7 Å². The Hall–Kier alpha value is 0.01000. The van der Waals surface area contributed by atoms with E-state index in [9.17, 15) is 0 Å². The minimum Gasteiger partial charge on any atom is -0.138 e. The smallest absolute Gasteiger partial charge is 0.138 e. The summed E-state index contributed by atoms with van der Waals surface area (Å²) in [6, 6.07) is 20.5. The van der Waals surface area contributed by atoms with Crippen molar-refractivity contribution < 1.29 is 0 Å². The number of halogens is 3. The average Bonchev–Trinajstić information content (AvgIpc) is 2.48. The van der Waals surface area contributed by atoms with E-state index in [1.165, 1.54) is 11.1 Å². The van der Waals surface area contributed by atoms with E-state index in [1.807, 2.05) is 36.4 Å². The van der Waals surface area contributed by atoms with Crippen molar-refractivity contribution in [3.63, 3.8) is 0 Å². The lowest BCUT2D eigenvalue weighted by Gasteiger charge is -2.23. The summed E-state index contributed by atoms with van der Waals surface area (Å²) in [6.07, 6.45) is 0. The van der Waals surface area contributed by atoms with E-state index in [0.29, 0.717) is 0 Å². The maximum atomic E-state index is 6.12. The fraction of sp³-hybridized carbons (Fsp3) is 0.250. The van der Waals surface area contributed by atoms with E-state index in [1.54, 1.807) is 23.5 Å². The molecule has 0 nitrogen and oxygen atoms in total. The van der Waals surface area contributed by atoms with Crippen LogP contribution in [0.5, 0.6) is 0 Å². The molecule has 0 atom stereocenters. The molecule has 0 saturated carbocycles. The molecule has 0 N–H and O–H groups in total. The fourth-order valence-electron chi connectivity index (χ4n) is 1.73. The van der Waals surface area contributed by atoms with Crippen molar-refractivity contribution in [1.29, 1.82) is 0 Å². The van der Waals surface area contributed by atoms with Crippen molar-refractivity contribution in [2.45, 2.75) is 19.9 Å². The van der Waals surface area contributed by atoms with Gasteiger partial charge in [0.1, 0.15) is 0 Å². The standard InChI is InChI=1S/C16H15Cl3S2/c17-16(18,19)15(20-11-13-7-3-1-4-8-13)21-12-14-9-5-2-6-10-14/h1-10,15H,11-12H2. The van der Waals surface area contributed by atoms with Crippen molar-refractivity contribution in [3.05, 3.63) is 71.8 Å². The second-order valence-electron chi connectivity index (χ2n) is 4.47. The molecule has 0 unspecified atom stereocenters. The van der Waals surface area contributed by atoms with Crippen LogP contribution in [0.25, 0.3) is 0 Å². The summed E-state index contributed by atoms with van der Waals surface area (Å²) in [5, 5.41) is 0. The molecular formula is C16H15Cl3S2. The van der Waals surface area contributed by atoms with E-state index in [4.69, 9.17) is 34.8 Å². The van der Waals surface area contributed by atoms with Gasteiger partial charge in [-0.1, -0.05) is 95.5 Å². The van der Waals surface area contributed by atoms with Crippen LogP contribution in [0.1, 0.15) is 11.1 Å². The SMILES string of the molecule is ClC(Cl)(Cl)C(SCc1ccccc1)SCc1ccccc1. The first-order valence-electron chi connectivity index (χ1n) is 6.43. The minimum absolute atomic E-state index is 0.108. The minimum atomic E-state index is -1.28. The molecule has 0 aliphatic rings. The fourth-order valence-corrected chi connectivity index (χ4v) is 5.11. The Labute approximate surface area is 149 Å². The number of alkyl halides is 3. The summed E-state index contributed by atoms with van der Waals surface area (Å²) in [5.41, 5.74) is 2.48. The summed E-state index contributed by atoms with van der Waals surface area (Å²) >= 11 is 21.7. The van der Waals surface area contributed by atoms with E-state index in [2.05, 4.69) is 24.3 Å². The van der Waals surface area contributed by atoms with Gasteiger partial charge >= 0.3 is 0 Å². The molecule has 2 aromatic carbocycles. The van der Waals surface area contributed by atoms with Crippen LogP contribution in [0.3, 0.4) is 0 Å². The van der Waals surface area contributed by atoms with Gasteiger partial charge in [0.15, 0.2) is 0 Å². The lowest BCUT2D eigenvalue weighted by molar-refractivity contribution is 1.20. The summed E-state index contributed by atoms with van der Waals surface area (Å²) in [5.74, 6) is 1.67. The van der Waals surface area contributed by atoms with Crippen molar-refractivity contribution in [2.24, 2.45) is 0 Å². The van der Waals surface area contributed by atoms with Crippen LogP contribution in [0.2, 0.25) is 0 Å². The van der Waals surface area contributed by atoms with Crippen molar-refractivity contribution in [1.82, 2.24) is 0 Å². The lowest BCUT2D eigenvalue weighted by atomic mass is 10.2. The quantitative estimate of drug-likeness (QED) is 0.413. The van der Waals surface area contributed by atoms with Gasteiger partial charge in [-0.15, -0.1) is 23.5 Å². The molecule has 0 spiro atoms. The van der Waals surface area contributed by atoms with Gasteiger partial charge < -0.3 is 0 Å². The van der Waals surface area contributed by atoms with E-state index in [0.717, 1.165) is 11.5 Å². The molecule has 0 aromatic heterocycles. The molecule has 2 aromatic rings. The zero-order valence-electron chi connectivity index (χ0n) is 11.2. The highest BCUT2D eigenvalue weighted by Gasteiger charge is 2.33. The third-order valence-electron chi connectivity index (χ3n) is 2.76.